The minimum Gasteiger partial charge on any atom is -0.321 e. The molecule has 156 valence electrons. The van der Waals surface area contributed by atoms with Crippen molar-refractivity contribution in [1.29, 1.82) is 0 Å². The van der Waals surface area contributed by atoms with Crippen LogP contribution in [0, 0.1) is 0 Å². The van der Waals surface area contributed by atoms with Crippen LogP contribution in [0.1, 0.15) is 92.9 Å². The van der Waals surface area contributed by atoms with Crippen LogP contribution in [0.3, 0.4) is 0 Å². The Kier molecular flexibility index (Phi) is 11.9. The average Bonchev–Trinajstić information content (AvgIpc) is 3.21. The number of nitrogens with one attached hydrogen (secondary N) is 2. The van der Waals surface area contributed by atoms with Crippen molar-refractivity contribution >= 4 is 16.8 Å². The van der Waals surface area contributed by atoms with Crippen LogP contribution in [0.2, 0.25) is 23.7 Å². The Hall–Kier alpha value is 0.314. The quantitative estimate of drug-likeness (QED) is 0.262. The smallest absolute Gasteiger partial charge is 0.280 e. The van der Waals surface area contributed by atoms with Gasteiger partial charge >= 0.3 is 0 Å². The minimum absolute atomic E-state index is 0.896. The van der Waals surface area contributed by atoms with Crippen molar-refractivity contribution in [1.82, 2.24) is 14.2 Å². The molecule has 0 spiro atoms. The van der Waals surface area contributed by atoms with Crippen molar-refractivity contribution in [2.24, 2.45) is 0 Å². The van der Waals surface area contributed by atoms with Gasteiger partial charge in [0.05, 0.1) is 0 Å². The molecule has 0 bridgehead atoms. The summed E-state index contributed by atoms with van der Waals surface area (Å²) in [5, 5.41) is 0. The highest BCUT2D eigenvalue weighted by atomic mass is 28.4. The van der Waals surface area contributed by atoms with Crippen molar-refractivity contribution in [2.75, 3.05) is 19.6 Å². The zero-order chi connectivity index (χ0) is 19.5. The molecule has 0 unspecified atom stereocenters. The van der Waals surface area contributed by atoms with E-state index in [0.29, 0.717) is 0 Å². The fourth-order valence-electron chi connectivity index (χ4n) is 5.30. The Bertz CT molecular complexity index is 337. The number of unbranched alkanes of at least 4 members (excludes halogenated alkanes) is 2. The van der Waals surface area contributed by atoms with Crippen LogP contribution >= 0.6 is 0 Å². The summed E-state index contributed by atoms with van der Waals surface area (Å²) in [5.74, 6) is 0. The number of nitrogens with zero attached hydrogens (tertiary/aromatic N) is 1. The van der Waals surface area contributed by atoms with Crippen LogP contribution in [-0.2, 0) is 0 Å². The topological polar surface area (TPSA) is 27.3 Å². The van der Waals surface area contributed by atoms with Crippen LogP contribution in [0.25, 0.3) is 0 Å². The fourth-order valence-corrected chi connectivity index (χ4v) is 18.4. The first kappa shape index (κ1) is 24.4. The molecule has 0 aromatic carbocycles. The van der Waals surface area contributed by atoms with Gasteiger partial charge in [-0.3, -0.25) is 0 Å². The maximum Gasteiger partial charge on any atom is 0.280 e. The molecule has 0 saturated heterocycles. The van der Waals surface area contributed by atoms with Crippen molar-refractivity contribution in [3.8, 4) is 0 Å². The van der Waals surface area contributed by atoms with Gasteiger partial charge in [-0.25, -0.2) is 0 Å². The molecule has 1 saturated carbocycles. The van der Waals surface area contributed by atoms with Crippen molar-refractivity contribution in [3.63, 3.8) is 0 Å². The molecule has 0 aliphatic heterocycles. The predicted octanol–water partition coefficient (Wildman–Crippen LogP) is 5.98. The Balaban J connectivity index is 3.28. The molecule has 26 heavy (non-hydrogen) atoms. The largest absolute Gasteiger partial charge is 0.321 e. The van der Waals surface area contributed by atoms with Crippen LogP contribution in [0.15, 0.2) is 0 Å². The van der Waals surface area contributed by atoms with E-state index in [0.717, 1.165) is 5.54 Å². The lowest BCUT2D eigenvalue weighted by molar-refractivity contribution is 0.515. The van der Waals surface area contributed by atoms with E-state index in [1.165, 1.54) is 89.1 Å². The van der Waals surface area contributed by atoms with Gasteiger partial charge in [-0.15, -0.1) is 0 Å². The SMILES string of the molecule is CCCCN[Si](NCCCC)(C1CCCC1)N(CC)[Si](CC)(CC)CC. The van der Waals surface area contributed by atoms with Crippen molar-refractivity contribution in [2.45, 2.75) is 117 Å². The number of rotatable bonds is 15. The molecule has 0 amide bonds. The van der Waals surface area contributed by atoms with E-state index in [1.54, 1.807) is 0 Å². The van der Waals surface area contributed by atoms with E-state index in [2.05, 4.69) is 55.7 Å². The molecule has 0 aromatic heterocycles. The zero-order valence-electron chi connectivity index (χ0n) is 18.9. The first-order valence-electron chi connectivity index (χ1n) is 11.9. The van der Waals surface area contributed by atoms with Gasteiger partial charge in [0.2, 0.25) is 0 Å². The monoisotopic (exact) mass is 399 g/mol. The van der Waals surface area contributed by atoms with Gasteiger partial charge in [0.25, 0.3) is 8.56 Å². The van der Waals surface area contributed by atoms with Crippen LogP contribution in [0.5, 0.6) is 0 Å². The molecule has 0 radical (unpaired) electrons. The van der Waals surface area contributed by atoms with Gasteiger partial charge in [0, 0.05) is 0 Å². The third-order valence-electron chi connectivity index (χ3n) is 7.08. The van der Waals surface area contributed by atoms with Crippen molar-refractivity contribution < 1.29 is 0 Å². The maximum atomic E-state index is 4.28. The van der Waals surface area contributed by atoms with E-state index >= 15 is 0 Å². The zero-order valence-corrected chi connectivity index (χ0v) is 20.9. The molecule has 1 fully saturated rings. The Labute approximate surface area is 167 Å². The van der Waals surface area contributed by atoms with E-state index in [-0.39, 0.29) is 0 Å². The van der Waals surface area contributed by atoms with Gasteiger partial charge in [-0.05, 0) is 69.0 Å². The molecular weight excluding hydrogens is 350 g/mol. The lowest BCUT2D eigenvalue weighted by Gasteiger charge is -2.54. The molecule has 1 aliphatic rings. The standard InChI is InChI=1S/C21H49N3Si2/c1-7-13-19-22-26(23-20-14-8-2,21-17-15-16-18-21)24(9-3)25(10-4,11-5)12-6/h21-23H,7-20H2,1-6H3. The molecule has 0 heterocycles. The van der Waals surface area contributed by atoms with Gasteiger partial charge in [0.1, 0.15) is 8.24 Å². The van der Waals surface area contributed by atoms with Gasteiger partial charge < -0.3 is 14.2 Å². The van der Waals surface area contributed by atoms with E-state index in [1.807, 2.05) is 0 Å². The molecule has 1 rings (SSSR count). The van der Waals surface area contributed by atoms with E-state index in [9.17, 15) is 0 Å². The molecular formula is C21H49N3Si2. The second kappa shape index (κ2) is 12.7. The van der Waals surface area contributed by atoms with Gasteiger partial charge in [-0.2, -0.15) is 0 Å². The number of hydrogen-bond acceptors (Lipinski definition) is 3. The third kappa shape index (κ3) is 5.66. The summed E-state index contributed by atoms with van der Waals surface area (Å²) in [6.07, 6.45) is 11.0. The maximum absolute atomic E-state index is 4.28. The highest BCUT2D eigenvalue weighted by molar-refractivity contribution is 6.91. The molecule has 1 aliphatic carbocycles. The average molecular weight is 400 g/mol. The Morgan fingerprint density at radius 3 is 1.58 bits per heavy atom. The van der Waals surface area contributed by atoms with Crippen LogP contribution in [0.4, 0.5) is 0 Å². The predicted molar refractivity (Wildman–Crippen MR) is 123 cm³/mol. The lowest BCUT2D eigenvalue weighted by atomic mass is 10.3. The van der Waals surface area contributed by atoms with Gasteiger partial charge in [0.15, 0.2) is 0 Å². The van der Waals surface area contributed by atoms with E-state index in [4.69, 9.17) is 0 Å². The summed E-state index contributed by atoms with van der Waals surface area (Å²) in [5.41, 5.74) is 0.896. The van der Waals surface area contributed by atoms with E-state index < -0.39 is 16.8 Å². The summed E-state index contributed by atoms with van der Waals surface area (Å²) in [6.45, 7) is 18.2. The first-order chi connectivity index (χ1) is 12.6. The number of hydrogen-bond donors (Lipinski definition) is 2. The summed E-state index contributed by atoms with van der Waals surface area (Å²) >= 11 is 0. The van der Waals surface area contributed by atoms with Crippen LogP contribution in [-0.4, -0.2) is 40.7 Å². The summed E-state index contributed by atoms with van der Waals surface area (Å²) < 4.78 is 3.14. The first-order valence-corrected chi connectivity index (χ1v) is 16.5. The molecule has 5 heteroatoms. The molecule has 0 aromatic rings. The third-order valence-corrected chi connectivity index (χ3v) is 19.5. The summed E-state index contributed by atoms with van der Waals surface area (Å²) in [4.78, 5) is 8.57. The minimum atomic E-state index is -1.87. The van der Waals surface area contributed by atoms with Gasteiger partial charge in [-0.1, -0.05) is 67.2 Å². The molecule has 3 nitrogen and oxygen atoms in total. The highest BCUT2D eigenvalue weighted by Gasteiger charge is 2.53. The van der Waals surface area contributed by atoms with Crippen LogP contribution < -0.4 is 9.96 Å². The van der Waals surface area contributed by atoms with Crippen molar-refractivity contribution in [3.05, 3.63) is 0 Å². The highest BCUT2D eigenvalue weighted by Crippen LogP contribution is 2.41. The summed E-state index contributed by atoms with van der Waals surface area (Å²) in [6, 6.07) is 4.21. The second-order valence-corrected chi connectivity index (χ2v) is 17.5. The fraction of sp³-hybridized carbons (Fsp3) is 1.00. The lowest BCUT2D eigenvalue weighted by Crippen LogP contribution is -2.81. The normalized spacial score (nSPS) is 16.7. The molecule has 2 N–H and O–H groups in total. The summed E-state index contributed by atoms with van der Waals surface area (Å²) in [7, 11) is -3.27. The molecule has 0 atom stereocenters. The Morgan fingerprint density at radius 2 is 1.23 bits per heavy atom. The Morgan fingerprint density at radius 1 is 0.769 bits per heavy atom. The second-order valence-electron chi connectivity index (χ2n) is 8.34.